The van der Waals surface area contributed by atoms with Crippen LogP contribution >= 0.6 is 11.8 Å². The van der Waals surface area contributed by atoms with Crippen LogP contribution in [-0.4, -0.2) is 58.9 Å². The van der Waals surface area contributed by atoms with E-state index in [1.807, 2.05) is 0 Å². The number of morpholine rings is 1. The number of amides is 1. The van der Waals surface area contributed by atoms with Crippen LogP contribution in [0, 0.1) is 0 Å². The second-order valence-corrected chi connectivity index (χ2v) is 4.91. The molecule has 102 valence electrons. The van der Waals surface area contributed by atoms with E-state index >= 15 is 0 Å². The molecular weight excluding hydrogens is 268 g/mol. The summed E-state index contributed by atoms with van der Waals surface area (Å²) in [5.41, 5.74) is 0.127. The average Bonchev–Trinajstić information content (AvgIpc) is 2.46. The van der Waals surface area contributed by atoms with Crippen LogP contribution in [0.3, 0.4) is 0 Å². The van der Waals surface area contributed by atoms with Gasteiger partial charge >= 0.3 is 5.97 Å². The van der Waals surface area contributed by atoms with Gasteiger partial charge in [-0.15, -0.1) is 0 Å². The van der Waals surface area contributed by atoms with Gasteiger partial charge in [-0.3, -0.25) is 4.79 Å². The maximum absolute atomic E-state index is 11.9. The van der Waals surface area contributed by atoms with Gasteiger partial charge in [0, 0.05) is 19.3 Å². The zero-order chi connectivity index (χ0) is 13.7. The largest absolute Gasteiger partial charge is 0.478 e. The zero-order valence-corrected chi connectivity index (χ0v) is 11.1. The molecule has 1 aromatic rings. The summed E-state index contributed by atoms with van der Waals surface area (Å²) >= 11 is 1.15. The molecule has 0 unspecified atom stereocenters. The molecule has 1 amide bonds. The fraction of sp³-hybridized carbons (Fsp3) is 0.417. The van der Waals surface area contributed by atoms with Gasteiger partial charge in [0.05, 0.1) is 24.5 Å². The number of carboxylic acids is 1. The highest BCUT2D eigenvalue weighted by Gasteiger charge is 2.18. The zero-order valence-electron chi connectivity index (χ0n) is 10.2. The van der Waals surface area contributed by atoms with E-state index in [1.54, 1.807) is 11.0 Å². The Morgan fingerprint density at radius 1 is 1.42 bits per heavy atom. The molecule has 6 nitrogen and oxygen atoms in total. The van der Waals surface area contributed by atoms with Gasteiger partial charge in [0.25, 0.3) is 0 Å². The molecule has 0 atom stereocenters. The normalized spacial score (nSPS) is 15.3. The van der Waals surface area contributed by atoms with E-state index in [0.29, 0.717) is 31.3 Å². The number of rotatable bonds is 4. The molecule has 0 aromatic carbocycles. The molecule has 1 N–H and O–H groups in total. The van der Waals surface area contributed by atoms with Crippen LogP contribution in [0.15, 0.2) is 23.4 Å². The van der Waals surface area contributed by atoms with Crippen molar-refractivity contribution in [2.75, 3.05) is 32.1 Å². The highest BCUT2D eigenvalue weighted by molar-refractivity contribution is 8.00. The monoisotopic (exact) mass is 282 g/mol. The van der Waals surface area contributed by atoms with Crippen LogP contribution in [-0.2, 0) is 9.53 Å². The quantitative estimate of drug-likeness (QED) is 0.820. The predicted molar refractivity (Wildman–Crippen MR) is 69.3 cm³/mol. The van der Waals surface area contributed by atoms with E-state index < -0.39 is 5.97 Å². The number of nitrogens with zero attached hydrogens (tertiary/aromatic N) is 2. The Labute approximate surface area is 114 Å². The number of aromatic nitrogens is 1. The first kappa shape index (κ1) is 13.8. The Morgan fingerprint density at radius 3 is 2.84 bits per heavy atom. The Morgan fingerprint density at radius 2 is 2.16 bits per heavy atom. The van der Waals surface area contributed by atoms with Crippen molar-refractivity contribution in [3.05, 3.63) is 23.9 Å². The van der Waals surface area contributed by atoms with Gasteiger partial charge in [-0.1, -0.05) is 11.8 Å². The molecule has 1 saturated heterocycles. The van der Waals surface area contributed by atoms with E-state index in [-0.39, 0.29) is 17.2 Å². The molecule has 0 aliphatic carbocycles. The summed E-state index contributed by atoms with van der Waals surface area (Å²) in [7, 11) is 0. The van der Waals surface area contributed by atoms with Crippen LogP contribution in [0.2, 0.25) is 0 Å². The number of pyridine rings is 1. The van der Waals surface area contributed by atoms with Gasteiger partial charge in [0.1, 0.15) is 5.03 Å². The minimum Gasteiger partial charge on any atom is -0.478 e. The van der Waals surface area contributed by atoms with Crippen molar-refractivity contribution < 1.29 is 19.4 Å². The number of carboxylic acid groups (broad SMARTS) is 1. The summed E-state index contributed by atoms with van der Waals surface area (Å²) in [5, 5.41) is 9.39. The number of carbonyl (C=O) groups excluding carboxylic acids is 1. The van der Waals surface area contributed by atoms with Crippen LogP contribution in [0.25, 0.3) is 0 Å². The standard InChI is InChI=1S/C12H14N2O4S/c15-10(14-4-6-18-7-5-14)8-19-11-9(12(16)17)2-1-3-13-11/h1-3H,4-8H2,(H,16,17). The molecule has 1 aliphatic heterocycles. The number of thioether (sulfide) groups is 1. The molecule has 0 radical (unpaired) electrons. The lowest BCUT2D eigenvalue weighted by atomic mass is 10.3. The third kappa shape index (κ3) is 3.68. The minimum atomic E-state index is -1.03. The first-order valence-electron chi connectivity index (χ1n) is 5.85. The van der Waals surface area contributed by atoms with Crippen molar-refractivity contribution in [3.8, 4) is 0 Å². The molecule has 0 bridgehead atoms. The maximum atomic E-state index is 11.9. The molecule has 0 spiro atoms. The molecule has 1 aliphatic rings. The average molecular weight is 282 g/mol. The van der Waals surface area contributed by atoms with E-state index in [2.05, 4.69) is 4.98 Å². The minimum absolute atomic E-state index is 0.0182. The highest BCUT2D eigenvalue weighted by atomic mass is 32.2. The molecule has 2 heterocycles. The van der Waals surface area contributed by atoms with Crippen LogP contribution < -0.4 is 0 Å². The lowest BCUT2D eigenvalue weighted by molar-refractivity contribution is -0.132. The van der Waals surface area contributed by atoms with Crippen LogP contribution in [0.4, 0.5) is 0 Å². The maximum Gasteiger partial charge on any atom is 0.338 e. The number of hydrogen-bond acceptors (Lipinski definition) is 5. The summed E-state index contributed by atoms with van der Waals surface area (Å²) in [5.74, 6) is -0.859. The molecule has 19 heavy (non-hydrogen) atoms. The number of carbonyl (C=O) groups is 2. The molecule has 1 fully saturated rings. The third-order valence-electron chi connectivity index (χ3n) is 2.70. The van der Waals surface area contributed by atoms with Crippen molar-refractivity contribution in [2.45, 2.75) is 5.03 Å². The second kappa shape index (κ2) is 6.53. The first-order chi connectivity index (χ1) is 9.18. The van der Waals surface area contributed by atoms with E-state index in [1.165, 1.54) is 12.3 Å². The van der Waals surface area contributed by atoms with Gasteiger partial charge in [-0.05, 0) is 12.1 Å². The van der Waals surface area contributed by atoms with Gasteiger partial charge in [0.15, 0.2) is 0 Å². The second-order valence-electron chi connectivity index (χ2n) is 3.94. The van der Waals surface area contributed by atoms with Crippen molar-refractivity contribution in [1.29, 1.82) is 0 Å². The molecule has 7 heteroatoms. The topological polar surface area (TPSA) is 79.7 Å². The molecule has 1 aromatic heterocycles. The van der Waals surface area contributed by atoms with Crippen LogP contribution in [0.1, 0.15) is 10.4 Å². The number of ether oxygens (including phenoxy) is 1. The molecule has 0 saturated carbocycles. The van der Waals surface area contributed by atoms with Crippen LogP contribution in [0.5, 0.6) is 0 Å². The van der Waals surface area contributed by atoms with E-state index in [4.69, 9.17) is 9.84 Å². The SMILES string of the molecule is O=C(O)c1cccnc1SCC(=O)N1CCOCC1. The summed E-state index contributed by atoms with van der Waals surface area (Å²) in [4.78, 5) is 28.7. The number of aromatic carboxylic acids is 1. The molecular formula is C12H14N2O4S. The fourth-order valence-corrected chi connectivity index (χ4v) is 2.59. The van der Waals surface area contributed by atoms with Gasteiger partial charge in [0.2, 0.25) is 5.91 Å². The summed E-state index contributed by atoms with van der Waals surface area (Å²) in [6.07, 6.45) is 1.52. The third-order valence-corrected chi connectivity index (χ3v) is 3.69. The lowest BCUT2D eigenvalue weighted by Gasteiger charge is -2.26. The predicted octanol–water partition coefficient (Wildman–Crippen LogP) is 0.731. The van der Waals surface area contributed by atoms with Crippen molar-refractivity contribution >= 4 is 23.6 Å². The van der Waals surface area contributed by atoms with Crippen molar-refractivity contribution in [1.82, 2.24) is 9.88 Å². The Hall–Kier alpha value is -1.60. The Bertz CT molecular complexity index is 475. The van der Waals surface area contributed by atoms with Gasteiger partial charge in [-0.25, -0.2) is 9.78 Å². The van der Waals surface area contributed by atoms with Gasteiger partial charge < -0.3 is 14.7 Å². The fourth-order valence-electron chi connectivity index (χ4n) is 1.70. The summed E-state index contributed by atoms with van der Waals surface area (Å²) < 4.78 is 5.17. The number of hydrogen-bond donors (Lipinski definition) is 1. The van der Waals surface area contributed by atoms with Crippen molar-refractivity contribution in [3.63, 3.8) is 0 Å². The highest BCUT2D eigenvalue weighted by Crippen LogP contribution is 2.20. The smallest absolute Gasteiger partial charge is 0.338 e. The van der Waals surface area contributed by atoms with E-state index in [0.717, 1.165) is 11.8 Å². The van der Waals surface area contributed by atoms with E-state index in [9.17, 15) is 9.59 Å². The van der Waals surface area contributed by atoms with Gasteiger partial charge in [-0.2, -0.15) is 0 Å². The first-order valence-corrected chi connectivity index (χ1v) is 6.83. The lowest BCUT2D eigenvalue weighted by Crippen LogP contribution is -2.41. The Kier molecular flexibility index (Phi) is 4.75. The Balaban J connectivity index is 1.94. The molecule has 2 rings (SSSR count). The summed E-state index contributed by atoms with van der Waals surface area (Å²) in [6.45, 7) is 2.29. The summed E-state index contributed by atoms with van der Waals surface area (Å²) in [6, 6.07) is 3.05. The van der Waals surface area contributed by atoms with Crippen molar-refractivity contribution in [2.24, 2.45) is 0 Å².